The maximum absolute atomic E-state index is 13.8. The van der Waals surface area contributed by atoms with Crippen LogP contribution >= 0.6 is 0 Å². The van der Waals surface area contributed by atoms with Crippen molar-refractivity contribution < 1.29 is 32.1 Å². The lowest BCUT2D eigenvalue weighted by molar-refractivity contribution is -0.147. The van der Waals surface area contributed by atoms with Crippen molar-refractivity contribution in [1.29, 1.82) is 0 Å². The van der Waals surface area contributed by atoms with E-state index in [1.165, 1.54) is 4.90 Å². The van der Waals surface area contributed by atoms with Gasteiger partial charge in [0.25, 0.3) is 0 Å². The third-order valence-corrected chi connectivity index (χ3v) is 13.8. The third kappa shape index (κ3) is 10.2. The third-order valence-electron chi connectivity index (χ3n) is 13.8. The summed E-state index contributed by atoms with van der Waals surface area (Å²) in [7, 11) is 0. The van der Waals surface area contributed by atoms with Crippen LogP contribution in [0.2, 0.25) is 0 Å². The van der Waals surface area contributed by atoms with Crippen molar-refractivity contribution in [3.05, 3.63) is 96.2 Å². The van der Waals surface area contributed by atoms with Crippen LogP contribution in [0.4, 0.5) is 29.3 Å². The summed E-state index contributed by atoms with van der Waals surface area (Å²) in [5.41, 5.74) is 6.38. The van der Waals surface area contributed by atoms with Gasteiger partial charge in [0.05, 0.1) is 54.1 Å². The van der Waals surface area contributed by atoms with E-state index in [9.17, 15) is 27.6 Å². The predicted molar refractivity (Wildman–Crippen MR) is 250 cm³/mol. The number of piperidine rings is 2. The Balaban J connectivity index is 0.790. The summed E-state index contributed by atoms with van der Waals surface area (Å²) < 4.78 is 50.6. The molecule has 4 amide bonds. The molecule has 0 aliphatic carbocycles. The minimum Gasteiger partial charge on any atom is -0.372 e. The molecule has 0 unspecified atom stereocenters. The van der Waals surface area contributed by atoms with Crippen LogP contribution in [0.3, 0.4) is 0 Å². The Hall–Kier alpha value is -6.67. The molecule has 10 rings (SSSR count). The van der Waals surface area contributed by atoms with Gasteiger partial charge < -0.3 is 19.6 Å². The minimum absolute atomic E-state index is 0.0224. The van der Waals surface area contributed by atoms with Crippen LogP contribution in [-0.2, 0) is 16.8 Å². The van der Waals surface area contributed by atoms with Crippen molar-refractivity contribution in [3.8, 4) is 22.5 Å². The van der Waals surface area contributed by atoms with Gasteiger partial charge in [-0.1, -0.05) is 38.1 Å². The van der Waals surface area contributed by atoms with Gasteiger partial charge in [0, 0.05) is 92.9 Å². The number of amides is 4. The Labute approximate surface area is 397 Å². The summed E-state index contributed by atoms with van der Waals surface area (Å²) in [4.78, 5) is 54.6. The van der Waals surface area contributed by atoms with Crippen molar-refractivity contribution in [1.82, 2.24) is 55.0 Å². The van der Waals surface area contributed by atoms with Crippen LogP contribution < -0.4 is 20.4 Å². The number of likely N-dealkylation sites (tertiary alicyclic amines) is 1. The molecule has 2 aromatic carbocycles. The molecule has 0 bridgehead atoms. The molecule has 20 heteroatoms. The van der Waals surface area contributed by atoms with E-state index >= 15 is 0 Å². The van der Waals surface area contributed by atoms with Crippen LogP contribution in [0.15, 0.2) is 77.8 Å². The average molecular weight is 948 g/mol. The van der Waals surface area contributed by atoms with E-state index in [-0.39, 0.29) is 43.4 Å². The maximum Gasteiger partial charge on any atom is 0.401 e. The molecule has 2 N–H and O–H groups in total. The quantitative estimate of drug-likeness (QED) is 0.142. The Bertz CT molecular complexity index is 2830. The van der Waals surface area contributed by atoms with Gasteiger partial charge in [0.2, 0.25) is 5.91 Å². The van der Waals surface area contributed by atoms with Gasteiger partial charge >= 0.3 is 24.0 Å². The summed E-state index contributed by atoms with van der Waals surface area (Å²) in [6.07, 6.45) is 7.73. The molecule has 3 saturated heterocycles. The molecule has 8 heterocycles. The molecule has 4 aliphatic heterocycles. The molecule has 3 fully saturated rings. The van der Waals surface area contributed by atoms with E-state index in [0.29, 0.717) is 52.8 Å². The lowest BCUT2D eigenvalue weighted by atomic mass is 9.94. The second-order valence-electron chi connectivity index (χ2n) is 19.8. The first kappa shape index (κ1) is 46.1. The monoisotopic (exact) mass is 947 g/mol. The standard InChI is InChI=1S/C49H56F3N13O4/c1-48(2,3)46-58-45(69-59-46)44(67)56-39-15-20-61(30-49(50,51)52)27-33-24-32(4-9-38(33)39)43-41-10-17-53-65(41)29-40(55-43)34-25-54-64(28-34)37-13-18-60(19-14-37)26-31-11-21-62(22-12-31)35-5-7-36(8-6-35)63-23-16-42(66)57-47(63)68/h4-10,17,24-25,28-29,31,37,39H,11-16,18-23,26-27,30H2,1-3H3,(H,56,67)(H,57,66,68)/t39-/m1/s1. The summed E-state index contributed by atoms with van der Waals surface area (Å²) in [6.45, 7) is 10.1. The number of fused-ring (bicyclic) bond motifs is 2. The highest BCUT2D eigenvalue weighted by molar-refractivity contribution is 6.05. The molecule has 0 saturated carbocycles. The van der Waals surface area contributed by atoms with Gasteiger partial charge in [-0.3, -0.25) is 29.4 Å². The number of anilines is 2. The SMILES string of the molecule is CC(C)(C)c1noc(C(=O)N[C@@H]2CCN(CC(F)(F)F)Cc3cc(-c4nc(-c5cnn(C6CCN(CC7CCN(c8ccc(N9CCC(=O)NC9=O)cc8)CC7)CC6)c5)cn5nccc45)ccc32)n1. The molecular weight excluding hydrogens is 892 g/mol. The number of nitrogens with one attached hydrogen (secondary N) is 2. The Morgan fingerprint density at radius 3 is 2.32 bits per heavy atom. The fourth-order valence-electron chi connectivity index (χ4n) is 10.1. The van der Waals surface area contributed by atoms with Gasteiger partial charge in [-0.2, -0.15) is 28.4 Å². The highest BCUT2D eigenvalue weighted by Gasteiger charge is 2.35. The molecule has 0 radical (unpaired) electrons. The zero-order valence-electron chi connectivity index (χ0n) is 39.0. The molecule has 1 atom stereocenters. The van der Waals surface area contributed by atoms with Gasteiger partial charge in [0.15, 0.2) is 5.82 Å². The first-order valence-corrected chi connectivity index (χ1v) is 23.8. The Morgan fingerprint density at radius 1 is 0.841 bits per heavy atom. The maximum atomic E-state index is 13.8. The van der Waals surface area contributed by atoms with Crippen LogP contribution in [0.5, 0.6) is 0 Å². The molecule has 4 aliphatic rings. The van der Waals surface area contributed by atoms with Crippen LogP contribution in [0.25, 0.3) is 28.0 Å². The number of imide groups is 1. The molecule has 0 spiro atoms. The predicted octanol–water partition coefficient (Wildman–Crippen LogP) is 7.18. The van der Waals surface area contributed by atoms with Crippen molar-refractivity contribution in [2.45, 2.75) is 89.5 Å². The second kappa shape index (κ2) is 18.7. The number of rotatable bonds is 10. The summed E-state index contributed by atoms with van der Waals surface area (Å²) in [5, 5.41) is 18.7. The van der Waals surface area contributed by atoms with Crippen molar-refractivity contribution in [3.63, 3.8) is 0 Å². The number of hydrogen-bond acceptors (Lipinski definition) is 12. The van der Waals surface area contributed by atoms with E-state index in [4.69, 9.17) is 14.6 Å². The van der Waals surface area contributed by atoms with Crippen LogP contribution in [-0.4, -0.2) is 121 Å². The molecule has 69 heavy (non-hydrogen) atoms. The number of aromatic nitrogens is 7. The average Bonchev–Trinajstić information content (AvgIpc) is 4.11. The number of benzene rings is 2. The van der Waals surface area contributed by atoms with Crippen LogP contribution in [0, 0.1) is 5.92 Å². The lowest BCUT2D eigenvalue weighted by Crippen LogP contribution is -2.49. The van der Waals surface area contributed by atoms with Gasteiger partial charge in [-0.15, -0.1) is 0 Å². The van der Waals surface area contributed by atoms with Crippen molar-refractivity contribution >= 4 is 34.7 Å². The number of carbonyl (C=O) groups is 3. The summed E-state index contributed by atoms with van der Waals surface area (Å²) >= 11 is 0. The van der Waals surface area contributed by atoms with E-state index in [2.05, 4.69) is 47.8 Å². The number of hydrogen-bond donors (Lipinski definition) is 2. The smallest absolute Gasteiger partial charge is 0.372 e. The number of halogens is 3. The molecule has 362 valence electrons. The number of urea groups is 1. The van der Waals surface area contributed by atoms with Gasteiger partial charge in [-0.05, 0) is 85.5 Å². The summed E-state index contributed by atoms with van der Waals surface area (Å²) in [6, 6.07) is 14.8. The normalized spacial score (nSPS) is 19.5. The van der Waals surface area contributed by atoms with E-state index in [1.54, 1.807) is 15.6 Å². The van der Waals surface area contributed by atoms with Crippen molar-refractivity contribution in [2.24, 2.45) is 5.92 Å². The first-order chi connectivity index (χ1) is 33.1. The first-order valence-electron chi connectivity index (χ1n) is 23.8. The zero-order valence-corrected chi connectivity index (χ0v) is 39.0. The fraction of sp³-hybridized carbons (Fsp3) is 0.469. The van der Waals surface area contributed by atoms with E-state index in [0.717, 1.165) is 80.9 Å². The molecule has 4 aromatic heterocycles. The number of carbonyl (C=O) groups excluding carboxylic acids is 3. The topological polar surface area (TPSA) is 175 Å². The largest absolute Gasteiger partial charge is 0.401 e. The minimum atomic E-state index is -4.41. The summed E-state index contributed by atoms with van der Waals surface area (Å²) in [5.74, 6) is -0.0429. The van der Waals surface area contributed by atoms with Crippen molar-refractivity contribution in [2.75, 3.05) is 62.2 Å². The highest BCUT2D eigenvalue weighted by atomic mass is 19.4. The molecule has 6 aromatic rings. The van der Waals surface area contributed by atoms with Gasteiger partial charge in [0.1, 0.15) is 0 Å². The number of nitrogens with zero attached hydrogens (tertiary/aromatic N) is 11. The Morgan fingerprint density at radius 2 is 1.59 bits per heavy atom. The molecule has 17 nitrogen and oxygen atoms in total. The van der Waals surface area contributed by atoms with Gasteiger partial charge in [-0.25, -0.2) is 14.3 Å². The fourth-order valence-corrected chi connectivity index (χ4v) is 10.1. The van der Waals surface area contributed by atoms with Crippen LogP contribution in [0.1, 0.15) is 99.0 Å². The van der Waals surface area contributed by atoms with E-state index in [1.807, 2.05) is 80.4 Å². The highest BCUT2D eigenvalue weighted by Crippen LogP contribution is 2.35. The lowest BCUT2D eigenvalue weighted by Gasteiger charge is -2.38. The zero-order chi connectivity index (χ0) is 48.0. The van der Waals surface area contributed by atoms with E-state index < -0.39 is 30.1 Å². The molecular formula is C49H56F3N13O4. The number of alkyl halides is 3. The second-order valence-corrected chi connectivity index (χ2v) is 19.8. The Kier molecular flexibility index (Phi) is 12.5.